The first kappa shape index (κ1) is 15.3. The van der Waals surface area contributed by atoms with Gasteiger partial charge >= 0.3 is 0 Å². The third-order valence-electron chi connectivity index (χ3n) is 4.06. The second-order valence-electron chi connectivity index (χ2n) is 5.59. The van der Waals surface area contributed by atoms with Crippen LogP contribution in [0.4, 0.5) is 0 Å². The standard InChI is InChI=1S/C17H19Br2NO/c18-14-4-5-15-13(10-14)3-6-16(17(15)19)21-9-7-12-2-1-8-20-11-12/h3-6,10,12,20H,1-2,7-9,11H2/t12-/m0/s1. The molecule has 1 aliphatic rings. The molecule has 2 aromatic carbocycles. The highest BCUT2D eigenvalue weighted by atomic mass is 79.9. The lowest BCUT2D eigenvalue weighted by molar-refractivity contribution is 0.253. The van der Waals surface area contributed by atoms with Crippen molar-refractivity contribution in [3.05, 3.63) is 39.3 Å². The molecule has 0 unspecified atom stereocenters. The van der Waals surface area contributed by atoms with Crippen LogP contribution in [0.2, 0.25) is 0 Å². The van der Waals surface area contributed by atoms with Crippen LogP contribution in [0.1, 0.15) is 19.3 Å². The van der Waals surface area contributed by atoms with Crippen molar-refractivity contribution in [2.24, 2.45) is 5.92 Å². The Labute approximate surface area is 142 Å². The summed E-state index contributed by atoms with van der Waals surface area (Å²) in [6, 6.07) is 10.5. The van der Waals surface area contributed by atoms with Crippen molar-refractivity contribution in [2.45, 2.75) is 19.3 Å². The molecular weight excluding hydrogens is 394 g/mol. The summed E-state index contributed by atoms with van der Waals surface area (Å²) in [5.41, 5.74) is 0. The monoisotopic (exact) mass is 411 g/mol. The maximum absolute atomic E-state index is 5.99. The highest BCUT2D eigenvalue weighted by Gasteiger charge is 2.13. The van der Waals surface area contributed by atoms with Gasteiger partial charge in [0.05, 0.1) is 11.1 Å². The minimum Gasteiger partial charge on any atom is -0.492 e. The average Bonchev–Trinajstić information content (AvgIpc) is 2.50. The quantitative estimate of drug-likeness (QED) is 0.751. The molecule has 112 valence electrons. The van der Waals surface area contributed by atoms with E-state index < -0.39 is 0 Å². The predicted molar refractivity (Wildman–Crippen MR) is 95.1 cm³/mol. The molecule has 1 aliphatic heterocycles. The van der Waals surface area contributed by atoms with E-state index in [1.165, 1.54) is 30.2 Å². The molecule has 2 nitrogen and oxygen atoms in total. The number of hydrogen-bond acceptors (Lipinski definition) is 2. The molecule has 0 amide bonds. The van der Waals surface area contributed by atoms with E-state index in [1.807, 2.05) is 0 Å². The summed E-state index contributed by atoms with van der Waals surface area (Å²) in [5.74, 6) is 1.70. The highest BCUT2D eigenvalue weighted by Crippen LogP contribution is 2.34. The second-order valence-corrected chi connectivity index (χ2v) is 7.30. The Morgan fingerprint density at radius 3 is 2.90 bits per heavy atom. The topological polar surface area (TPSA) is 21.3 Å². The van der Waals surface area contributed by atoms with E-state index in [2.05, 4.69) is 67.5 Å². The summed E-state index contributed by atoms with van der Waals surface area (Å²) in [6.07, 6.45) is 3.74. The van der Waals surface area contributed by atoms with Crippen LogP contribution in [0, 0.1) is 5.92 Å². The molecular formula is C17H19Br2NO. The fraction of sp³-hybridized carbons (Fsp3) is 0.412. The first-order valence-corrected chi connectivity index (χ1v) is 9.04. The molecule has 0 bridgehead atoms. The van der Waals surface area contributed by atoms with E-state index in [0.717, 1.165) is 40.2 Å². The summed E-state index contributed by atoms with van der Waals surface area (Å²) < 4.78 is 8.14. The Hall–Kier alpha value is -0.580. The number of piperidine rings is 1. The summed E-state index contributed by atoms with van der Waals surface area (Å²) in [6.45, 7) is 3.09. The average molecular weight is 413 g/mol. The van der Waals surface area contributed by atoms with Crippen molar-refractivity contribution < 1.29 is 4.74 Å². The smallest absolute Gasteiger partial charge is 0.134 e. The van der Waals surface area contributed by atoms with Crippen LogP contribution >= 0.6 is 31.9 Å². The van der Waals surface area contributed by atoms with Gasteiger partial charge in [-0.05, 0) is 83.2 Å². The zero-order chi connectivity index (χ0) is 14.7. The Balaban J connectivity index is 1.66. The zero-order valence-corrected chi connectivity index (χ0v) is 15.0. The van der Waals surface area contributed by atoms with Gasteiger partial charge in [-0.3, -0.25) is 0 Å². The van der Waals surface area contributed by atoms with Crippen molar-refractivity contribution in [3.8, 4) is 5.75 Å². The summed E-state index contributed by atoms with van der Waals surface area (Å²) in [5, 5.41) is 5.85. The van der Waals surface area contributed by atoms with Crippen LogP contribution in [-0.2, 0) is 0 Å². The number of rotatable bonds is 4. The van der Waals surface area contributed by atoms with E-state index in [4.69, 9.17) is 4.74 Å². The molecule has 4 heteroatoms. The maximum atomic E-state index is 5.99. The molecule has 21 heavy (non-hydrogen) atoms. The van der Waals surface area contributed by atoms with Gasteiger partial charge in [-0.1, -0.05) is 28.1 Å². The van der Waals surface area contributed by atoms with Crippen LogP contribution in [0.3, 0.4) is 0 Å². The molecule has 1 atom stereocenters. The van der Waals surface area contributed by atoms with E-state index in [-0.39, 0.29) is 0 Å². The van der Waals surface area contributed by atoms with Gasteiger partial charge in [0.1, 0.15) is 5.75 Å². The first-order chi connectivity index (χ1) is 10.2. The van der Waals surface area contributed by atoms with Gasteiger partial charge in [-0.25, -0.2) is 0 Å². The Bertz CT molecular complexity index is 623. The minimum atomic E-state index is 0.758. The molecule has 1 saturated heterocycles. The number of hydrogen-bond donors (Lipinski definition) is 1. The molecule has 3 rings (SSSR count). The second kappa shape index (κ2) is 7.12. The molecule has 0 radical (unpaired) electrons. The molecule has 0 saturated carbocycles. The fourth-order valence-electron chi connectivity index (χ4n) is 2.86. The number of halogens is 2. The molecule has 1 N–H and O–H groups in total. The normalized spacial score (nSPS) is 18.9. The third kappa shape index (κ3) is 3.79. The summed E-state index contributed by atoms with van der Waals surface area (Å²) >= 11 is 7.19. The lowest BCUT2D eigenvalue weighted by Gasteiger charge is -2.22. The molecule has 1 fully saturated rings. The maximum Gasteiger partial charge on any atom is 0.134 e. The van der Waals surface area contributed by atoms with Gasteiger partial charge < -0.3 is 10.1 Å². The molecule has 0 aliphatic carbocycles. The largest absolute Gasteiger partial charge is 0.492 e. The van der Waals surface area contributed by atoms with Gasteiger partial charge in [0, 0.05) is 4.47 Å². The van der Waals surface area contributed by atoms with Crippen molar-refractivity contribution in [3.63, 3.8) is 0 Å². The lowest BCUT2D eigenvalue weighted by atomic mass is 9.97. The lowest BCUT2D eigenvalue weighted by Crippen LogP contribution is -2.30. The Kier molecular flexibility index (Phi) is 5.19. The van der Waals surface area contributed by atoms with E-state index >= 15 is 0 Å². The number of fused-ring (bicyclic) bond motifs is 1. The van der Waals surface area contributed by atoms with E-state index in [1.54, 1.807) is 0 Å². The van der Waals surface area contributed by atoms with Crippen LogP contribution in [0.5, 0.6) is 5.75 Å². The third-order valence-corrected chi connectivity index (χ3v) is 5.37. The van der Waals surface area contributed by atoms with E-state index in [0.29, 0.717) is 0 Å². The van der Waals surface area contributed by atoms with Gasteiger partial charge in [0.25, 0.3) is 0 Å². The minimum absolute atomic E-state index is 0.758. The Morgan fingerprint density at radius 1 is 1.19 bits per heavy atom. The number of benzene rings is 2. The summed E-state index contributed by atoms with van der Waals surface area (Å²) in [7, 11) is 0. The van der Waals surface area contributed by atoms with Crippen molar-refractivity contribution in [1.29, 1.82) is 0 Å². The van der Waals surface area contributed by atoms with E-state index in [9.17, 15) is 0 Å². The summed E-state index contributed by atoms with van der Waals surface area (Å²) in [4.78, 5) is 0. The molecule has 0 spiro atoms. The Morgan fingerprint density at radius 2 is 2.10 bits per heavy atom. The number of nitrogens with one attached hydrogen (secondary N) is 1. The van der Waals surface area contributed by atoms with Crippen LogP contribution < -0.4 is 10.1 Å². The van der Waals surface area contributed by atoms with Gasteiger partial charge in [0.15, 0.2) is 0 Å². The highest BCUT2D eigenvalue weighted by molar-refractivity contribution is 9.11. The van der Waals surface area contributed by atoms with Crippen LogP contribution in [0.15, 0.2) is 39.3 Å². The predicted octanol–water partition coefficient (Wildman–Crippen LogP) is 5.13. The van der Waals surface area contributed by atoms with Crippen molar-refractivity contribution >= 4 is 42.6 Å². The van der Waals surface area contributed by atoms with Crippen LogP contribution in [-0.4, -0.2) is 19.7 Å². The zero-order valence-electron chi connectivity index (χ0n) is 11.9. The molecule has 0 aromatic heterocycles. The van der Waals surface area contributed by atoms with Crippen molar-refractivity contribution in [2.75, 3.05) is 19.7 Å². The molecule has 2 aromatic rings. The van der Waals surface area contributed by atoms with Gasteiger partial charge in [-0.2, -0.15) is 0 Å². The first-order valence-electron chi connectivity index (χ1n) is 7.45. The van der Waals surface area contributed by atoms with Crippen molar-refractivity contribution in [1.82, 2.24) is 5.32 Å². The van der Waals surface area contributed by atoms with Gasteiger partial charge in [-0.15, -0.1) is 0 Å². The SMILES string of the molecule is Brc1ccc2c(Br)c(OCC[C@@H]3CCCNC3)ccc2c1. The number of ether oxygens (including phenoxy) is 1. The molecule has 1 heterocycles. The van der Waals surface area contributed by atoms with Crippen LogP contribution in [0.25, 0.3) is 10.8 Å². The fourth-order valence-corrected chi connectivity index (χ4v) is 3.85. The van der Waals surface area contributed by atoms with Gasteiger partial charge in [0.2, 0.25) is 0 Å².